The maximum absolute atomic E-state index is 6.14. The summed E-state index contributed by atoms with van der Waals surface area (Å²) in [6.07, 6.45) is 5.42. The van der Waals surface area contributed by atoms with Crippen LogP contribution in [0.4, 0.5) is 0 Å². The fourth-order valence-electron chi connectivity index (χ4n) is 1.62. The lowest BCUT2D eigenvalue weighted by Crippen LogP contribution is -2.06. The number of aromatic amines is 1. The molecule has 0 saturated carbocycles. The van der Waals surface area contributed by atoms with Crippen LogP contribution in [0, 0.1) is 5.41 Å². The highest BCUT2D eigenvalue weighted by molar-refractivity contribution is 6.35. The first kappa shape index (κ1) is 14.9. The predicted molar refractivity (Wildman–Crippen MR) is 83.1 cm³/mol. The molecule has 1 heterocycles. The van der Waals surface area contributed by atoms with Gasteiger partial charge in [-0.2, -0.15) is 0 Å². The molecule has 3 nitrogen and oxygen atoms in total. The molecule has 1 N–H and O–H groups in total. The van der Waals surface area contributed by atoms with Crippen LogP contribution in [0.5, 0.6) is 5.75 Å². The Hall–Kier alpha value is -1.45. The molecule has 2 aromatic rings. The molecule has 5 heteroatoms. The van der Waals surface area contributed by atoms with E-state index in [4.69, 9.17) is 27.9 Å². The normalized spacial score (nSPS) is 12.6. The minimum absolute atomic E-state index is 0.0545. The van der Waals surface area contributed by atoms with Gasteiger partial charge in [0.2, 0.25) is 0 Å². The summed E-state index contributed by atoms with van der Waals surface area (Å²) in [5.74, 6) is 1.83. The predicted octanol–water partition coefficient (Wildman–Crippen LogP) is 5.18. The van der Waals surface area contributed by atoms with E-state index in [0.717, 1.165) is 0 Å². The number of hydrogen-bond donors (Lipinski definition) is 1. The number of allylic oxidation sites excluding steroid dienone is 1. The van der Waals surface area contributed by atoms with Gasteiger partial charge in [0, 0.05) is 17.4 Å². The number of halogens is 2. The van der Waals surface area contributed by atoms with Crippen molar-refractivity contribution in [1.82, 2.24) is 9.97 Å². The van der Waals surface area contributed by atoms with E-state index in [2.05, 4.69) is 30.7 Å². The van der Waals surface area contributed by atoms with Gasteiger partial charge >= 0.3 is 0 Å². The second-order valence-corrected chi connectivity index (χ2v) is 6.33. The zero-order valence-corrected chi connectivity index (χ0v) is 13.1. The number of aromatic nitrogens is 2. The Morgan fingerprint density at radius 3 is 2.60 bits per heavy atom. The summed E-state index contributed by atoms with van der Waals surface area (Å²) in [6, 6.07) is 5.12. The van der Waals surface area contributed by atoms with Gasteiger partial charge in [0.1, 0.15) is 5.75 Å². The van der Waals surface area contributed by atoms with Gasteiger partial charge in [-0.25, -0.2) is 4.98 Å². The van der Waals surface area contributed by atoms with Crippen LogP contribution in [0.1, 0.15) is 26.6 Å². The molecular weight excluding hydrogens is 295 g/mol. The molecule has 0 fully saturated rings. The molecule has 0 unspecified atom stereocenters. The third kappa shape index (κ3) is 4.02. The minimum atomic E-state index is -0.0545. The summed E-state index contributed by atoms with van der Waals surface area (Å²) in [4.78, 5) is 7.26. The number of benzene rings is 1. The van der Waals surface area contributed by atoms with E-state index in [0.29, 0.717) is 27.4 Å². The Kier molecular flexibility index (Phi) is 4.41. The van der Waals surface area contributed by atoms with E-state index in [-0.39, 0.29) is 5.41 Å². The van der Waals surface area contributed by atoms with Crippen molar-refractivity contribution in [2.24, 2.45) is 5.41 Å². The van der Waals surface area contributed by atoms with Crippen molar-refractivity contribution in [3.05, 3.63) is 52.5 Å². The average molecular weight is 311 g/mol. The van der Waals surface area contributed by atoms with Gasteiger partial charge in [-0.3, -0.25) is 0 Å². The van der Waals surface area contributed by atoms with Crippen LogP contribution in [-0.2, 0) is 0 Å². The van der Waals surface area contributed by atoms with Gasteiger partial charge in [-0.05, 0) is 29.7 Å². The highest BCUT2D eigenvalue weighted by atomic mass is 35.5. The lowest BCUT2D eigenvalue weighted by atomic mass is 9.95. The molecule has 0 amide bonds. The maximum atomic E-state index is 6.14. The summed E-state index contributed by atoms with van der Waals surface area (Å²) in [5.41, 5.74) is -0.0545. The molecule has 20 heavy (non-hydrogen) atoms. The largest absolute Gasteiger partial charge is 0.452 e. The smallest absolute Gasteiger partial charge is 0.173 e. The third-order valence-electron chi connectivity index (χ3n) is 2.41. The molecule has 0 spiro atoms. The molecule has 0 atom stereocenters. The summed E-state index contributed by atoms with van der Waals surface area (Å²) >= 11 is 12.0. The van der Waals surface area contributed by atoms with Crippen molar-refractivity contribution in [2.75, 3.05) is 0 Å². The third-order valence-corrected chi connectivity index (χ3v) is 2.94. The standard InChI is InChI=1S/C15H16Cl2N2O/c1-15(2,3)9-13(14-18-6-7-19-14)20-12-5-4-10(16)8-11(12)17/h4-9H,1-3H3,(H,18,19)/b13-9+. The molecule has 0 aliphatic heterocycles. The van der Waals surface area contributed by atoms with Gasteiger partial charge in [0.05, 0.1) is 5.02 Å². The van der Waals surface area contributed by atoms with Crippen molar-refractivity contribution in [3.63, 3.8) is 0 Å². The molecule has 2 rings (SSSR count). The number of ether oxygens (including phenoxy) is 1. The lowest BCUT2D eigenvalue weighted by Gasteiger charge is -2.16. The molecule has 1 aromatic carbocycles. The van der Waals surface area contributed by atoms with E-state index in [1.807, 2.05) is 6.08 Å². The first-order chi connectivity index (χ1) is 9.35. The molecule has 0 aliphatic carbocycles. The number of rotatable bonds is 3. The van der Waals surface area contributed by atoms with Crippen LogP contribution >= 0.6 is 23.2 Å². The van der Waals surface area contributed by atoms with Gasteiger partial charge in [0.15, 0.2) is 11.6 Å². The fourth-order valence-corrected chi connectivity index (χ4v) is 2.06. The Balaban J connectivity index is 2.36. The minimum Gasteiger partial charge on any atom is -0.452 e. The number of H-pyrrole nitrogens is 1. The second kappa shape index (κ2) is 5.90. The summed E-state index contributed by atoms with van der Waals surface area (Å²) < 4.78 is 5.90. The summed E-state index contributed by atoms with van der Waals surface area (Å²) in [6.45, 7) is 6.26. The quantitative estimate of drug-likeness (QED) is 0.793. The summed E-state index contributed by atoms with van der Waals surface area (Å²) in [5, 5.41) is 1.03. The molecule has 0 saturated heterocycles. The number of hydrogen-bond acceptors (Lipinski definition) is 2. The van der Waals surface area contributed by atoms with Crippen molar-refractivity contribution >= 4 is 29.0 Å². The molecular formula is C15H16Cl2N2O. The average Bonchev–Trinajstić information content (AvgIpc) is 2.83. The molecule has 0 bridgehead atoms. The Labute approximate surface area is 128 Å². The first-order valence-corrected chi connectivity index (χ1v) is 6.96. The summed E-state index contributed by atoms with van der Waals surface area (Å²) in [7, 11) is 0. The van der Waals surface area contributed by atoms with Crippen LogP contribution in [0.3, 0.4) is 0 Å². The molecule has 0 aliphatic rings. The molecule has 0 radical (unpaired) electrons. The molecule has 1 aromatic heterocycles. The number of nitrogens with zero attached hydrogens (tertiary/aromatic N) is 1. The highest BCUT2D eigenvalue weighted by Crippen LogP contribution is 2.32. The van der Waals surface area contributed by atoms with Crippen molar-refractivity contribution in [1.29, 1.82) is 0 Å². The van der Waals surface area contributed by atoms with Gasteiger partial charge in [-0.15, -0.1) is 0 Å². The second-order valence-electron chi connectivity index (χ2n) is 5.49. The van der Waals surface area contributed by atoms with E-state index in [1.165, 1.54) is 0 Å². The van der Waals surface area contributed by atoms with Crippen molar-refractivity contribution < 1.29 is 4.74 Å². The number of nitrogens with one attached hydrogen (secondary N) is 1. The fraction of sp³-hybridized carbons (Fsp3) is 0.267. The van der Waals surface area contributed by atoms with Gasteiger partial charge < -0.3 is 9.72 Å². The van der Waals surface area contributed by atoms with E-state index >= 15 is 0 Å². The van der Waals surface area contributed by atoms with Crippen molar-refractivity contribution in [2.45, 2.75) is 20.8 Å². The van der Waals surface area contributed by atoms with E-state index < -0.39 is 0 Å². The highest BCUT2D eigenvalue weighted by Gasteiger charge is 2.15. The lowest BCUT2D eigenvalue weighted by molar-refractivity contribution is 0.480. The van der Waals surface area contributed by atoms with Crippen LogP contribution < -0.4 is 4.74 Å². The van der Waals surface area contributed by atoms with Crippen LogP contribution in [-0.4, -0.2) is 9.97 Å². The van der Waals surface area contributed by atoms with Gasteiger partial charge in [-0.1, -0.05) is 44.0 Å². The SMILES string of the molecule is CC(C)(C)/C=C(/Oc1ccc(Cl)cc1Cl)c1ncc[nH]1. The zero-order valence-electron chi connectivity index (χ0n) is 11.6. The van der Waals surface area contributed by atoms with E-state index in [1.54, 1.807) is 30.6 Å². The van der Waals surface area contributed by atoms with Crippen molar-refractivity contribution in [3.8, 4) is 5.75 Å². The van der Waals surface area contributed by atoms with Gasteiger partial charge in [0.25, 0.3) is 0 Å². The Morgan fingerprint density at radius 1 is 1.30 bits per heavy atom. The van der Waals surface area contributed by atoms with E-state index in [9.17, 15) is 0 Å². The zero-order chi connectivity index (χ0) is 14.8. The first-order valence-electron chi connectivity index (χ1n) is 6.21. The monoisotopic (exact) mass is 310 g/mol. The topological polar surface area (TPSA) is 37.9 Å². The van der Waals surface area contributed by atoms with Crippen LogP contribution in [0.2, 0.25) is 10.0 Å². The maximum Gasteiger partial charge on any atom is 0.173 e. The number of imidazole rings is 1. The van der Waals surface area contributed by atoms with Crippen LogP contribution in [0.25, 0.3) is 5.76 Å². The molecule has 106 valence electrons. The Bertz CT molecular complexity index is 613. The van der Waals surface area contributed by atoms with Crippen LogP contribution in [0.15, 0.2) is 36.7 Å². The Morgan fingerprint density at radius 2 is 2.05 bits per heavy atom.